The second kappa shape index (κ2) is 5.13. The van der Waals surface area contributed by atoms with Gasteiger partial charge in [-0.2, -0.15) is 0 Å². The third-order valence-electron chi connectivity index (χ3n) is 3.21. The van der Waals surface area contributed by atoms with E-state index in [0.717, 1.165) is 12.5 Å². The number of nitrogens with two attached hydrogens (primary N) is 1. The third-order valence-corrected chi connectivity index (χ3v) is 3.21. The molecule has 1 heterocycles. The zero-order chi connectivity index (χ0) is 10.6. The van der Waals surface area contributed by atoms with Crippen molar-refractivity contribution in [2.75, 3.05) is 13.1 Å². The Balaban J connectivity index is 2.17. The van der Waals surface area contributed by atoms with Crippen LogP contribution in [0.2, 0.25) is 0 Å². The van der Waals surface area contributed by atoms with Crippen LogP contribution in [0.1, 0.15) is 52.9 Å². The molecule has 2 N–H and O–H groups in total. The van der Waals surface area contributed by atoms with Gasteiger partial charge in [0.2, 0.25) is 0 Å². The topological polar surface area (TPSA) is 29.3 Å². The Kier molecular flexibility index (Phi) is 4.39. The van der Waals surface area contributed by atoms with E-state index in [0.29, 0.717) is 0 Å². The molecule has 1 rings (SSSR count). The quantitative estimate of drug-likeness (QED) is 0.751. The van der Waals surface area contributed by atoms with E-state index >= 15 is 0 Å². The Morgan fingerprint density at radius 3 is 2.64 bits per heavy atom. The number of rotatable bonds is 4. The Bertz CT molecular complexity index is 160. The molecule has 1 atom stereocenters. The van der Waals surface area contributed by atoms with Crippen LogP contribution < -0.4 is 5.73 Å². The van der Waals surface area contributed by atoms with Crippen LogP contribution in [0.3, 0.4) is 0 Å². The van der Waals surface area contributed by atoms with Gasteiger partial charge in [0, 0.05) is 11.6 Å². The highest BCUT2D eigenvalue weighted by atomic mass is 15.1. The molecule has 1 fully saturated rings. The summed E-state index contributed by atoms with van der Waals surface area (Å²) in [6.45, 7) is 9.12. The monoisotopic (exact) mass is 198 g/mol. The van der Waals surface area contributed by atoms with Gasteiger partial charge in [0.25, 0.3) is 0 Å². The van der Waals surface area contributed by atoms with Gasteiger partial charge >= 0.3 is 0 Å². The van der Waals surface area contributed by atoms with Crippen LogP contribution in [-0.2, 0) is 0 Å². The summed E-state index contributed by atoms with van der Waals surface area (Å²) in [5.41, 5.74) is 5.98. The van der Waals surface area contributed by atoms with E-state index < -0.39 is 0 Å². The highest BCUT2D eigenvalue weighted by Crippen LogP contribution is 2.17. The lowest BCUT2D eigenvalue weighted by molar-refractivity contribution is 0.155. The van der Waals surface area contributed by atoms with Crippen molar-refractivity contribution >= 4 is 0 Å². The second-order valence-electron chi connectivity index (χ2n) is 5.47. The standard InChI is InChI=1S/C12H26N2/c1-11-7-4-5-9-14(11)10-6-8-12(2,3)13/h11H,4-10,13H2,1-3H3. The number of piperidine rings is 1. The maximum Gasteiger partial charge on any atom is 0.00975 e. The molecule has 0 aromatic carbocycles. The third kappa shape index (κ3) is 4.43. The Morgan fingerprint density at radius 1 is 1.36 bits per heavy atom. The normalized spacial score (nSPS) is 25.3. The Labute approximate surface area is 88.8 Å². The average molecular weight is 198 g/mol. The minimum absolute atomic E-state index is 0.0129. The number of hydrogen-bond acceptors (Lipinski definition) is 2. The first-order valence-electron chi connectivity index (χ1n) is 6.02. The molecule has 0 bridgehead atoms. The van der Waals surface area contributed by atoms with Gasteiger partial charge in [0.05, 0.1) is 0 Å². The summed E-state index contributed by atoms with van der Waals surface area (Å²) in [7, 11) is 0. The van der Waals surface area contributed by atoms with E-state index in [4.69, 9.17) is 5.73 Å². The summed E-state index contributed by atoms with van der Waals surface area (Å²) in [6, 6.07) is 0.796. The summed E-state index contributed by atoms with van der Waals surface area (Å²) >= 11 is 0. The van der Waals surface area contributed by atoms with Gasteiger partial charge in [0.1, 0.15) is 0 Å². The van der Waals surface area contributed by atoms with Gasteiger partial charge in [-0.3, -0.25) is 0 Å². The molecule has 1 saturated heterocycles. The van der Waals surface area contributed by atoms with Crippen LogP contribution in [0, 0.1) is 0 Å². The average Bonchev–Trinajstić information content (AvgIpc) is 2.06. The zero-order valence-corrected chi connectivity index (χ0v) is 10.1. The Morgan fingerprint density at radius 2 is 2.07 bits per heavy atom. The first-order valence-corrected chi connectivity index (χ1v) is 6.02. The molecule has 0 radical (unpaired) electrons. The fourth-order valence-corrected chi connectivity index (χ4v) is 2.23. The molecule has 2 nitrogen and oxygen atoms in total. The van der Waals surface area contributed by atoms with Crippen molar-refractivity contribution in [2.45, 2.75) is 64.5 Å². The summed E-state index contributed by atoms with van der Waals surface area (Å²) in [5, 5.41) is 0. The molecular formula is C12H26N2. The van der Waals surface area contributed by atoms with Crippen molar-refractivity contribution in [3.05, 3.63) is 0 Å². The lowest BCUT2D eigenvalue weighted by Crippen LogP contribution is -2.39. The largest absolute Gasteiger partial charge is 0.326 e. The first kappa shape index (κ1) is 12.0. The van der Waals surface area contributed by atoms with Crippen molar-refractivity contribution in [2.24, 2.45) is 5.73 Å². The highest BCUT2D eigenvalue weighted by molar-refractivity contribution is 4.76. The zero-order valence-electron chi connectivity index (χ0n) is 10.1. The number of nitrogens with zero attached hydrogens (tertiary/aromatic N) is 1. The molecule has 0 aliphatic carbocycles. The van der Waals surface area contributed by atoms with Crippen LogP contribution >= 0.6 is 0 Å². The van der Waals surface area contributed by atoms with Crippen LogP contribution in [0.25, 0.3) is 0 Å². The minimum Gasteiger partial charge on any atom is -0.326 e. The molecule has 14 heavy (non-hydrogen) atoms. The minimum atomic E-state index is 0.0129. The smallest absolute Gasteiger partial charge is 0.00975 e. The molecule has 2 heteroatoms. The molecule has 0 aromatic rings. The Hall–Kier alpha value is -0.0800. The van der Waals surface area contributed by atoms with Crippen LogP contribution in [-0.4, -0.2) is 29.6 Å². The maximum absolute atomic E-state index is 5.97. The van der Waals surface area contributed by atoms with Crippen LogP contribution in [0.15, 0.2) is 0 Å². The fourth-order valence-electron chi connectivity index (χ4n) is 2.23. The summed E-state index contributed by atoms with van der Waals surface area (Å²) in [6.07, 6.45) is 6.56. The van der Waals surface area contributed by atoms with Gasteiger partial charge < -0.3 is 10.6 Å². The van der Waals surface area contributed by atoms with Crippen molar-refractivity contribution in [1.82, 2.24) is 4.90 Å². The van der Waals surface area contributed by atoms with E-state index in [2.05, 4.69) is 25.7 Å². The van der Waals surface area contributed by atoms with Crippen molar-refractivity contribution < 1.29 is 0 Å². The molecule has 84 valence electrons. The molecular weight excluding hydrogens is 172 g/mol. The highest BCUT2D eigenvalue weighted by Gasteiger charge is 2.18. The van der Waals surface area contributed by atoms with E-state index in [1.54, 1.807) is 0 Å². The van der Waals surface area contributed by atoms with E-state index in [1.807, 2.05) is 0 Å². The SMILES string of the molecule is CC1CCCCN1CCCC(C)(C)N. The molecule has 0 spiro atoms. The maximum atomic E-state index is 5.97. The lowest BCUT2D eigenvalue weighted by Gasteiger charge is -2.34. The first-order chi connectivity index (χ1) is 6.49. The van der Waals surface area contributed by atoms with Crippen LogP contribution in [0.5, 0.6) is 0 Å². The predicted molar refractivity (Wildman–Crippen MR) is 62.4 cm³/mol. The van der Waals surface area contributed by atoms with E-state index in [9.17, 15) is 0 Å². The van der Waals surface area contributed by atoms with Crippen molar-refractivity contribution in [3.63, 3.8) is 0 Å². The summed E-state index contributed by atoms with van der Waals surface area (Å²) in [4.78, 5) is 2.62. The molecule has 0 amide bonds. The molecule has 1 aliphatic heterocycles. The van der Waals surface area contributed by atoms with E-state index in [1.165, 1.54) is 38.8 Å². The van der Waals surface area contributed by atoms with E-state index in [-0.39, 0.29) is 5.54 Å². The van der Waals surface area contributed by atoms with Gasteiger partial charge in [-0.15, -0.1) is 0 Å². The van der Waals surface area contributed by atoms with Crippen molar-refractivity contribution in [1.29, 1.82) is 0 Å². The fraction of sp³-hybridized carbons (Fsp3) is 1.00. The number of likely N-dealkylation sites (tertiary alicyclic amines) is 1. The molecule has 1 unspecified atom stereocenters. The molecule has 1 aliphatic rings. The molecule has 0 saturated carbocycles. The van der Waals surface area contributed by atoms with Crippen molar-refractivity contribution in [3.8, 4) is 0 Å². The van der Waals surface area contributed by atoms with Gasteiger partial charge in [-0.1, -0.05) is 6.42 Å². The number of hydrogen-bond donors (Lipinski definition) is 1. The second-order valence-corrected chi connectivity index (χ2v) is 5.47. The lowest BCUT2D eigenvalue weighted by atomic mass is 9.98. The predicted octanol–water partition coefficient (Wildman–Crippen LogP) is 2.38. The van der Waals surface area contributed by atoms with Gasteiger partial charge in [-0.05, 0) is 59.5 Å². The summed E-state index contributed by atoms with van der Waals surface area (Å²) < 4.78 is 0. The summed E-state index contributed by atoms with van der Waals surface area (Å²) in [5.74, 6) is 0. The molecule has 0 aromatic heterocycles. The van der Waals surface area contributed by atoms with Gasteiger partial charge in [-0.25, -0.2) is 0 Å². The van der Waals surface area contributed by atoms with Crippen LogP contribution in [0.4, 0.5) is 0 Å². The van der Waals surface area contributed by atoms with Gasteiger partial charge in [0.15, 0.2) is 0 Å².